The maximum atomic E-state index is 12.8. The maximum Gasteiger partial charge on any atom is 0.267 e. The number of fused-ring (bicyclic) bond motifs is 1. The van der Waals surface area contributed by atoms with Crippen LogP contribution in [-0.4, -0.2) is 19.6 Å². The van der Waals surface area contributed by atoms with Gasteiger partial charge in [0, 0.05) is 18.2 Å². The van der Waals surface area contributed by atoms with Gasteiger partial charge >= 0.3 is 0 Å². The second-order valence-electron chi connectivity index (χ2n) is 5.15. The Hall–Kier alpha value is -2.69. The average Bonchev–Trinajstić information content (AvgIpc) is 2.47. The summed E-state index contributed by atoms with van der Waals surface area (Å²) in [5.41, 5.74) is 0.318. The van der Waals surface area contributed by atoms with E-state index in [1.54, 1.807) is 24.4 Å². The van der Waals surface area contributed by atoms with Gasteiger partial charge < -0.3 is 5.11 Å². The minimum Gasteiger partial charge on any atom is -0.508 e. The molecule has 3 aromatic rings. The van der Waals surface area contributed by atoms with Gasteiger partial charge in [-0.05, 0) is 24.3 Å². The molecule has 5 nitrogen and oxygen atoms in total. The lowest BCUT2D eigenvalue weighted by Gasteiger charge is -2.15. The van der Waals surface area contributed by atoms with Crippen molar-refractivity contribution in [3.63, 3.8) is 0 Å². The molecule has 1 aromatic carbocycles. The Morgan fingerprint density at radius 1 is 1.19 bits per heavy atom. The number of phenols is 1. The number of phenolic OH excluding ortho intramolecular Hbond substituents is 1. The first kappa shape index (κ1) is 13.3. The van der Waals surface area contributed by atoms with Crippen LogP contribution < -0.4 is 5.56 Å². The first-order valence-corrected chi connectivity index (χ1v) is 6.75. The van der Waals surface area contributed by atoms with Crippen molar-refractivity contribution in [3.05, 3.63) is 58.8 Å². The summed E-state index contributed by atoms with van der Waals surface area (Å²) in [5.74, 6) is 1.32. The summed E-state index contributed by atoms with van der Waals surface area (Å²) in [5, 5.41) is 10.0. The highest BCUT2D eigenvalue weighted by Crippen LogP contribution is 2.20. The quantitative estimate of drug-likeness (QED) is 0.784. The molecule has 0 saturated heterocycles. The smallest absolute Gasteiger partial charge is 0.267 e. The third-order valence-electron chi connectivity index (χ3n) is 3.27. The second-order valence-corrected chi connectivity index (χ2v) is 5.15. The number of hydrogen-bond acceptors (Lipinski definition) is 4. The predicted octanol–water partition coefficient (Wildman–Crippen LogP) is 2.61. The summed E-state index contributed by atoms with van der Waals surface area (Å²) in [4.78, 5) is 21.6. The van der Waals surface area contributed by atoms with Crippen molar-refractivity contribution < 1.29 is 5.11 Å². The van der Waals surface area contributed by atoms with Crippen LogP contribution in [0.5, 0.6) is 5.75 Å². The summed E-state index contributed by atoms with van der Waals surface area (Å²) >= 11 is 0. The fourth-order valence-corrected chi connectivity index (χ4v) is 2.29. The van der Waals surface area contributed by atoms with Crippen molar-refractivity contribution in [1.82, 2.24) is 14.5 Å². The Morgan fingerprint density at radius 3 is 2.67 bits per heavy atom. The number of rotatable bonds is 2. The molecule has 0 atom stereocenters. The lowest BCUT2D eigenvalue weighted by molar-refractivity contribution is 0.476. The molecule has 5 heteroatoms. The van der Waals surface area contributed by atoms with Gasteiger partial charge in [-0.25, -0.2) is 14.5 Å². The van der Waals surface area contributed by atoms with Crippen LogP contribution in [-0.2, 0) is 0 Å². The monoisotopic (exact) mass is 281 g/mol. The van der Waals surface area contributed by atoms with E-state index in [0.717, 1.165) is 0 Å². The van der Waals surface area contributed by atoms with E-state index in [1.807, 2.05) is 19.9 Å². The second kappa shape index (κ2) is 5.01. The molecule has 1 N–H and O–H groups in total. The number of nitrogens with zero attached hydrogens (tertiary/aromatic N) is 3. The molecule has 21 heavy (non-hydrogen) atoms. The molecule has 0 aliphatic carbocycles. The van der Waals surface area contributed by atoms with Gasteiger partial charge in [0.2, 0.25) is 0 Å². The first-order valence-electron chi connectivity index (χ1n) is 6.75. The van der Waals surface area contributed by atoms with Crippen LogP contribution >= 0.6 is 0 Å². The number of pyridine rings is 1. The first-order chi connectivity index (χ1) is 10.1. The van der Waals surface area contributed by atoms with Crippen LogP contribution in [0.3, 0.4) is 0 Å². The standard InChI is InChI=1S/C16H15N3O2/c1-10(2)15-18-13-9-11(20)6-7-12(13)16(21)19(15)14-5-3-4-8-17-14/h3-10,20H,1-2H3. The lowest BCUT2D eigenvalue weighted by Crippen LogP contribution is -2.25. The Bertz CT molecular complexity index is 855. The number of hydrogen-bond donors (Lipinski definition) is 1. The van der Waals surface area contributed by atoms with Crippen LogP contribution in [0.25, 0.3) is 16.7 Å². The van der Waals surface area contributed by atoms with E-state index in [4.69, 9.17) is 0 Å². The van der Waals surface area contributed by atoms with E-state index in [0.29, 0.717) is 22.5 Å². The highest BCUT2D eigenvalue weighted by Gasteiger charge is 2.16. The zero-order chi connectivity index (χ0) is 15.0. The summed E-state index contributed by atoms with van der Waals surface area (Å²) in [6.45, 7) is 3.94. The molecular weight excluding hydrogens is 266 g/mol. The lowest BCUT2D eigenvalue weighted by atomic mass is 10.1. The van der Waals surface area contributed by atoms with Crippen molar-refractivity contribution in [2.75, 3.05) is 0 Å². The number of benzene rings is 1. The third-order valence-corrected chi connectivity index (χ3v) is 3.27. The predicted molar refractivity (Wildman–Crippen MR) is 80.9 cm³/mol. The zero-order valence-electron chi connectivity index (χ0n) is 11.8. The van der Waals surface area contributed by atoms with Crippen LogP contribution in [0.2, 0.25) is 0 Å². The largest absolute Gasteiger partial charge is 0.508 e. The molecule has 0 aliphatic rings. The van der Waals surface area contributed by atoms with Gasteiger partial charge in [0.15, 0.2) is 0 Å². The Labute approximate surface area is 121 Å². The van der Waals surface area contributed by atoms with E-state index >= 15 is 0 Å². The van der Waals surface area contributed by atoms with Gasteiger partial charge in [0.05, 0.1) is 10.9 Å². The van der Waals surface area contributed by atoms with E-state index in [-0.39, 0.29) is 17.2 Å². The molecule has 3 rings (SSSR count). The molecule has 0 spiro atoms. The zero-order valence-corrected chi connectivity index (χ0v) is 11.8. The molecule has 106 valence electrons. The summed E-state index contributed by atoms with van der Waals surface area (Å²) in [6.07, 6.45) is 1.65. The molecular formula is C16H15N3O2. The maximum absolute atomic E-state index is 12.8. The van der Waals surface area contributed by atoms with Crippen molar-refractivity contribution in [3.8, 4) is 11.6 Å². The molecule has 0 bridgehead atoms. The molecule has 0 radical (unpaired) electrons. The van der Waals surface area contributed by atoms with Crippen molar-refractivity contribution >= 4 is 10.9 Å². The molecule has 2 heterocycles. The highest BCUT2D eigenvalue weighted by molar-refractivity contribution is 5.79. The van der Waals surface area contributed by atoms with E-state index in [2.05, 4.69) is 9.97 Å². The number of aromatic nitrogens is 3. The Morgan fingerprint density at radius 2 is 2.00 bits per heavy atom. The average molecular weight is 281 g/mol. The van der Waals surface area contributed by atoms with Gasteiger partial charge in [-0.3, -0.25) is 4.79 Å². The molecule has 0 saturated carbocycles. The van der Waals surface area contributed by atoms with Gasteiger partial charge in [-0.2, -0.15) is 0 Å². The SMILES string of the molecule is CC(C)c1nc2cc(O)ccc2c(=O)n1-c1ccccn1. The summed E-state index contributed by atoms with van der Waals surface area (Å²) in [7, 11) is 0. The molecule has 0 fully saturated rings. The van der Waals surface area contributed by atoms with Gasteiger partial charge in [0.25, 0.3) is 5.56 Å². The fraction of sp³-hybridized carbons (Fsp3) is 0.188. The minimum atomic E-state index is -0.178. The molecule has 2 aromatic heterocycles. The Kier molecular flexibility index (Phi) is 3.17. The molecule has 0 amide bonds. The minimum absolute atomic E-state index is 0.0476. The van der Waals surface area contributed by atoms with Crippen molar-refractivity contribution in [2.45, 2.75) is 19.8 Å². The van der Waals surface area contributed by atoms with Crippen molar-refractivity contribution in [1.29, 1.82) is 0 Å². The van der Waals surface area contributed by atoms with Crippen LogP contribution in [0, 0.1) is 0 Å². The summed E-state index contributed by atoms with van der Waals surface area (Å²) < 4.78 is 1.53. The van der Waals surface area contributed by atoms with Crippen LogP contribution in [0.1, 0.15) is 25.6 Å². The van der Waals surface area contributed by atoms with Gasteiger partial charge in [-0.15, -0.1) is 0 Å². The van der Waals surface area contributed by atoms with Crippen molar-refractivity contribution in [2.24, 2.45) is 0 Å². The fourth-order valence-electron chi connectivity index (χ4n) is 2.29. The van der Waals surface area contributed by atoms with Crippen LogP contribution in [0.4, 0.5) is 0 Å². The van der Waals surface area contributed by atoms with E-state index in [9.17, 15) is 9.90 Å². The highest BCUT2D eigenvalue weighted by atomic mass is 16.3. The van der Waals surface area contributed by atoms with Gasteiger partial charge in [0.1, 0.15) is 17.4 Å². The van der Waals surface area contributed by atoms with E-state index in [1.165, 1.54) is 16.7 Å². The third kappa shape index (κ3) is 2.27. The number of aromatic hydroxyl groups is 1. The Balaban J connectivity index is 2.42. The summed E-state index contributed by atoms with van der Waals surface area (Å²) in [6, 6.07) is 10.00. The van der Waals surface area contributed by atoms with Crippen LogP contribution in [0.15, 0.2) is 47.4 Å². The molecule has 0 aliphatic heterocycles. The van der Waals surface area contributed by atoms with E-state index < -0.39 is 0 Å². The molecule has 0 unspecified atom stereocenters. The topological polar surface area (TPSA) is 68.0 Å². The van der Waals surface area contributed by atoms with Gasteiger partial charge in [-0.1, -0.05) is 19.9 Å². The normalized spacial score (nSPS) is 11.2.